The molecule has 5 heteroatoms. The van der Waals surface area contributed by atoms with E-state index in [0.717, 1.165) is 0 Å². The van der Waals surface area contributed by atoms with Crippen LogP contribution in [-0.4, -0.2) is 11.5 Å². The number of nitrogens with one attached hydrogen (secondary N) is 2. The molecule has 0 fully saturated rings. The third kappa shape index (κ3) is 4.98. The van der Waals surface area contributed by atoms with Crippen LogP contribution in [0.1, 0.15) is 20.8 Å². The van der Waals surface area contributed by atoms with Crippen molar-refractivity contribution < 1.29 is 4.39 Å². The summed E-state index contributed by atoms with van der Waals surface area (Å²) in [6, 6.07) is 5.96. The highest BCUT2D eigenvalue weighted by Crippen LogP contribution is 2.11. The second-order valence-corrected chi connectivity index (χ2v) is 4.50. The summed E-state index contributed by atoms with van der Waals surface area (Å²) in [7, 11) is 0. The van der Waals surface area contributed by atoms with Crippen molar-refractivity contribution in [3.63, 3.8) is 0 Å². The lowest BCUT2D eigenvalue weighted by Crippen LogP contribution is -2.30. The van der Waals surface area contributed by atoms with Crippen LogP contribution in [0.25, 0.3) is 0 Å². The van der Waals surface area contributed by atoms with Gasteiger partial charge in [-0.1, -0.05) is 6.07 Å². The first-order valence-corrected chi connectivity index (χ1v) is 5.18. The first-order chi connectivity index (χ1) is 7.90. The van der Waals surface area contributed by atoms with Crippen LogP contribution in [0.15, 0.2) is 29.3 Å². The molecule has 0 spiro atoms. The second kappa shape index (κ2) is 5.30. The van der Waals surface area contributed by atoms with Gasteiger partial charge in [-0.25, -0.2) is 9.38 Å². The van der Waals surface area contributed by atoms with E-state index in [9.17, 15) is 4.39 Å². The molecule has 0 aliphatic heterocycles. The van der Waals surface area contributed by atoms with Gasteiger partial charge in [0.25, 0.3) is 0 Å². The van der Waals surface area contributed by atoms with Crippen LogP contribution < -0.4 is 10.6 Å². The minimum absolute atomic E-state index is 0.297. The topological polar surface area (TPSA) is 60.2 Å². The third-order valence-electron chi connectivity index (χ3n) is 1.71. The monoisotopic (exact) mass is 234 g/mol. The Bertz CT molecular complexity index is 454. The lowest BCUT2D eigenvalue weighted by molar-refractivity contribution is 0.581. The van der Waals surface area contributed by atoms with Gasteiger partial charge in [-0.05, 0) is 39.0 Å². The molecule has 0 heterocycles. The van der Waals surface area contributed by atoms with E-state index < -0.39 is 0 Å². The number of aliphatic imine (C=N–C) groups is 1. The van der Waals surface area contributed by atoms with E-state index in [0.29, 0.717) is 11.6 Å². The Morgan fingerprint density at radius 2 is 2.12 bits per heavy atom. The number of hydrogen-bond donors (Lipinski definition) is 2. The molecule has 1 aromatic rings. The van der Waals surface area contributed by atoms with Crippen molar-refractivity contribution in [1.82, 2.24) is 5.32 Å². The average molecular weight is 234 g/mol. The van der Waals surface area contributed by atoms with Crippen molar-refractivity contribution in [3.05, 3.63) is 30.1 Å². The maximum Gasteiger partial charge on any atom is 0.209 e. The van der Waals surface area contributed by atoms with Crippen molar-refractivity contribution in [2.75, 3.05) is 5.32 Å². The predicted molar refractivity (Wildman–Crippen MR) is 66.0 cm³/mol. The zero-order valence-electron chi connectivity index (χ0n) is 10.1. The predicted octanol–water partition coefficient (Wildman–Crippen LogP) is 2.46. The summed E-state index contributed by atoms with van der Waals surface area (Å²) in [6.07, 6.45) is 1.79. The molecule has 0 aliphatic carbocycles. The Kier molecular flexibility index (Phi) is 4.05. The second-order valence-electron chi connectivity index (χ2n) is 4.50. The number of nitriles is 1. The van der Waals surface area contributed by atoms with Crippen LogP contribution in [0, 0.1) is 17.3 Å². The zero-order chi connectivity index (χ0) is 12.9. The fraction of sp³-hybridized carbons (Fsp3) is 0.333. The van der Waals surface area contributed by atoms with Crippen molar-refractivity contribution in [2.24, 2.45) is 4.99 Å². The number of halogens is 1. The van der Waals surface area contributed by atoms with Crippen LogP contribution in [0.4, 0.5) is 10.1 Å². The van der Waals surface area contributed by atoms with E-state index in [1.807, 2.05) is 20.8 Å². The molecule has 0 saturated carbocycles. The molecule has 0 bridgehead atoms. The Morgan fingerprint density at radius 1 is 1.41 bits per heavy atom. The van der Waals surface area contributed by atoms with Crippen LogP contribution in [0.3, 0.4) is 0 Å². The summed E-state index contributed by atoms with van der Waals surface area (Å²) < 4.78 is 13.0. The van der Waals surface area contributed by atoms with Gasteiger partial charge in [-0.2, -0.15) is 5.26 Å². The zero-order valence-corrected chi connectivity index (χ0v) is 10.1. The first kappa shape index (κ1) is 13.0. The van der Waals surface area contributed by atoms with Crippen molar-refractivity contribution >= 4 is 11.6 Å². The van der Waals surface area contributed by atoms with Gasteiger partial charge in [0, 0.05) is 5.69 Å². The van der Waals surface area contributed by atoms with Crippen molar-refractivity contribution in [2.45, 2.75) is 26.3 Å². The number of nitrogens with zero attached hydrogens (tertiary/aromatic N) is 2. The number of benzene rings is 1. The fourth-order valence-electron chi connectivity index (χ4n) is 1.18. The molecule has 90 valence electrons. The highest BCUT2D eigenvalue weighted by Gasteiger charge is 2.10. The van der Waals surface area contributed by atoms with E-state index in [1.165, 1.54) is 12.1 Å². The van der Waals surface area contributed by atoms with E-state index in [2.05, 4.69) is 15.6 Å². The smallest absolute Gasteiger partial charge is 0.209 e. The van der Waals surface area contributed by atoms with Gasteiger partial charge in [-0.15, -0.1) is 0 Å². The SMILES string of the molecule is CC(C)(C)N=C(NC#N)Nc1cccc(F)c1. The molecule has 0 amide bonds. The van der Waals surface area contributed by atoms with E-state index in [1.54, 1.807) is 18.3 Å². The molecule has 1 aromatic carbocycles. The van der Waals surface area contributed by atoms with Gasteiger partial charge >= 0.3 is 0 Å². The maximum atomic E-state index is 13.0. The summed E-state index contributed by atoms with van der Waals surface area (Å²) >= 11 is 0. The minimum atomic E-state index is -0.345. The van der Waals surface area contributed by atoms with Gasteiger partial charge in [0.15, 0.2) is 6.19 Å². The molecular formula is C12H15FN4. The molecular weight excluding hydrogens is 219 g/mol. The molecule has 2 N–H and O–H groups in total. The quantitative estimate of drug-likeness (QED) is 0.339. The molecule has 1 rings (SSSR count). The van der Waals surface area contributed by atoms with Gasteiger partial charge in [0.2, 0.25) is 5.96 Å². The molecule has 4 nitrogen and oxygen atoms in total. The largest absolute Gasteiger partial charge is 0.325 e. The van der Waals surface area contributed by atoms with Crippen LogP contribution in [0.2, 0.25) is 0 Å². The number of anilines is 1. The van der Waals surface area contributed by atoms with Gasteiger partial charge in [0.05, 0.1) is 5.54 Å². The lowest BCUT2D eigenvalue weighted by Gasteiger charge is -2.16. The van der Waals surface area contributed by atoms with Gasteiger partial charge in [0.1, 0.15) is 5.82 Å². The Hall–Kier alpha value is -2.09. The Balaban J connectivity index is 2.89. The number of hydrogen-bond acceptors (Lipinski definition) is 2. The average Bonchev–Trinajstić information content (AvgIpc) is 2.15. The summed E-state index contributed by atoms with van der Waals surface area (Å²) in [6.45, 7) is 5.71. The number of guanidine groups is 1. The highest BCUT2D eigenvalue weighted by atomic mass is 19.1. The fourth-order valence-corrected chi connectivity index (χ4v) is 1.18. The highest BCUT2D eigenvalue weighted by molar-refractivity contribution is 5.94. The summed E-state index contributed by atoms with van der Waals surface area (Å²) in [4.78, 5) is 4.27. The normalized spacial score (nSPS) is 11.8. The standard InChI is InChI=1S/C12H15FN4/c1-12(2,3)17-11(15-8-14)16-10-6-4-5-9(13)7-10/h4-7H,1-3H3,(H2,15,16,17). The molecule has 0 unspecified atom stereocenters. The molecule has 0 aromatic heterocycles. The summed E-state index contributed by atoms with van der Waals surface area (Å²) in [5.41, 5.74) is 0.204. The van der Waals surface area contributed by atoms with E-state index in [-0.39, 0.29) is 11.4 Å². The lowest BCUT2D eigenvalue weighted by atomic mass is 10.1. The van der Waals surface area contributed by atoms with E-state index >= 15 is 0 Å². The Morgan fingerprint density at radius 3 is 2.65 bits per heavy atom. The van der Waals surface area contributed by atoms with Crippen LogP contribution in [-0.2, 0) is 0 Å². The van der Waals surface area contributed by atoms with Crippen molar-refractivity contribution in [1.29, 1.82) is 5.26 Å². The minimum Gasteiger partial charge on any atom is -0.325 e. The molecule has 0 radical (unpaired) electrons. The van der Waals surface area contributed by atoms with Crippen LogP contribution in [0.5, 0.6) is 0 Å². The van der Waals surface area contributed by atoms with E-state index in [4.69, 9.17) is 5.26 Å². The number of rotatable bonds is 1. The van der Waals surface area contributed by atoms with Gasteiger partial charge in [-0.3, -0.25) is 5.32 Å². The first-order valence-electron chi connectivity index (χ1n) is 5.18. The van der Waals surface area contributed by atoms with Crippen molar-refractivity contribution in [3.8, 4) is 6.19 Å². The summed E-state index contributed by atoms with van der Waals surface area (Å²) in [5, 5.41) is 13.9. The molecule has 0 saturated heterocycles. The Labute approximate surface area is 100 Å². The van der Waals surface area contributed by atoms with Crippen LogP contribution >= 0.6 is 0 Å². The molecule has 0 aliphatic rings. The van der Waals surface area contributed by atoms with Gasteiger partial charge < -0.3 is 5.32 Å². The summed E-state index contributed by atoms with van der Waals surface area (Å²) in [5.74, 6) is -0.0485. The molecule has 17 heavy (non-hydrogen) atoms. The third-order valence-corrected chi connectivity index (χ3v) is 1.71. The molecule has 0 atom stereocenters. The maximum absolute atomic E-state index is 13.0.